The van der Waals surface area contributed by atoms with Crippen LogP contribution in [0.1, 0.15) is 58.4 Å². The minimum Gasteiger partial charge on any atom is -0.508 e. The second-order valence-corrected chi connectivity index (χ2v) is 6.39. The van der Waals surface area contributed by atoms with Crippen LogP contribution in [0.5, 0.6) is 5.75 Å². The Hall–Kier alpha value is -1.77. The molecule has 0 aliphatic carbocycles. The van der Waals surface area contributed by atoms with Gasteiger partial charge in [-0.1, -0.05) is 44.1 Å². The summed E-state index contributed by atoms with van der Waals surface area (Å²) in [4.78, 5) is 12.1. The van der Waals surface area contributed by atoms with Gasteiger partial charge >= 0.3 is 0 Å². The lowest BCUT2D eigenvalue weighted by Gasteiger charge is -2.12. The number of aromatic hydroxyl groups is 1. The van der Waals surface area contributed by atoms with Crippen molar-refractivity contribution >= 4 is 5.91 Å². The first-order valence-electron chi connectivity index (χ1n) is 8.12. The second-order valence-electron chi connectivity index (χ2n) is 6.39. The Bertz CT molecular complexity index is 489. The Morgan fingerprint density at radius 2 is 1.86 bits per heavy atom. The molecule has 0 radical (unpaired) electrons. The standard InChI is InChI=1S/C19H29NO2/c1-14(2)6-5-7-15(3)12-13-20-19(22)16(4)17-8-10-18(21)11-9-17/h8-12,14,16,21H,5-7,13H2,1-4H3,(H,20,22)/b15-12-. The summed E-state index contributed by atoms with van der Waals surface area (Å²) in [5.74, 6) is 0.766. The van der Waals surface area contributed by atoms with Crippen LogP contribution in [0.2, 0.25) is 0 Å². The summed E-state index contributed by atoms with van der Waals surface area (Å²) in [5, 5.41) is 12.2. The number of rotatable bonds is 8. The van der Waals surface area contributed by atoms with Gasteiger partial charge in [0.15, 0.2) is 0 Å². The average Bonchev–Trinajstić information content (AvgIpc) is 2.46. The summed E-state index contributed by atoms with van der Waals surface area (Å²) in [7, 11) is 0. The molecule has 0 bridgehead atoms. The summed E-state index contributed by atoms with van der Waals surface area (Å²) < 4.78 is 0. The average molecular weight is 303 g/mol. The third kappa shape index (κ3) is 6.79. The summed E-state index contributed by atoms with van der Waals surface area (Å²) in [5.41, 5.74) is 2.24. The molecule has 122 valence electrons. The van der Waals surface area contributed by atoms with E-state index in [0.29, 0.717) is 6.54 Å². The maximum atomic E-state index is 12.1. The molecule has 3 nitrogen and oxygen atoms in total. The fraction of sp³-hybridized carbons (Fsp3) is 0.526. The minimum atomic E-state index is -0.213. The van der Waals surface area contributed by atoms with Crippen LogP contribution in [0.15, 0.2) is 35.9 Å². The van der Waals surface area contributed by atoms with Gasteiger partial charge in [-0.3, -0.25) is 4.79 Å². The van der Waals surface area contributed by atoms with Crippen molar-refractivity contribution < 1.29 is 9.90 Å². The van der Waals surface area contributed by atoms with Crippen molar-refractivity contribution in [2.24, 2.45) is 5.92 Å². The van der Waals surface area contributed by atoms with E-state index in [4.69, 9.17) is 0 Å². The van der Waals surface area contributed by atoms with E-state index in [1.165, 1.54) is 18.4 Å². The van der Waals surface area contributed by atoms with E-state index < -0.39 is 0 Å². The van der Waals surface area contributed by atoms with Crippen molar-refractivity contribution in [3.8, 4) is 5.75 Å². The molecule has 1 unspecified atom stereocenters. The van der Waals surface area contributed by atoms with Crippen LogP contribution >= 0.6 is 0 Å². The van der Waals surface area contributed by atoms with Gasteiger partial charge in [-0.15, -0.1) is 0 Å². The quantitative estimate of drug-likeness (QED) is 0.700. The monoisotopic (exact) mass is 303 g/mol. The van der Waals surface area contributed by atoms with Crippen molar-refractivity contribution in [3.05, 3.63) is 41.5 Å². The fourth-order valence-electron chi connectivity index (χ4n) is 2.28. The smallest absolute Gasteiger partial charge is 0.227 e. The van der Waals surface area contributed by atoms with Gasteiger partial charge in [0.1, 0.15) is 5.75 Å². The Labute approximate surface area is 134 Å². The van der Waals surface area contributed by atoms with Crippen LogP contribution in [0.3, 0.4) is 0 Å². The molecule has 0 aliphatic rings. The number of hydrogen-bond donors (Lipinski definition) is 2. The lowest BCUT2D eigenvalue weighted by molar-refractivity contribution is -0.122. The molecule has 1 atom stereocenters. The van der Waals surface area contributed by atoms with Crippen molar-refractivity contribution in [3.63, 3.8) is 0 Å². The van der Waals surface area contributed by atoms with E-state index in [9.17, 15) is 9.90 Å². The summed E-state index contributed by atoms with van der Waals surface area (Å²) in [6, 6.07) is 6.79. The minimum absolute atomic E-state index is 0.0110. The molecule has 2 N–H and O–H groups in total. The number of nitrogens with one attached hydrogen (secondary N) is 1. The topological polar surface area (TPSA) is 49.3 Å². The van der Waals surface area contributed by atoms with Crippen LogP contribution in [0.4, 0.5) is 0 Å². The molecule has 1 amide bonds. The molecule has 0 aromatic heterocycles. The molecule has 0 heterocycles. The number of carbonyl (C=O) groups is 1. The first-order valence-corrected chi connectivity index (χ1v) is 8.12. The van der Waals surface area contributed by atoms with E-state index in [2.05, 4.69) is 32.2 Å². The molecule has 0 saturated carbocycles. The lowest BCUT2D eigenvalue weighted by atomic mass is 10.0. The Morgan fingerprint density at radius 1 is 1.23 bits per heavy atom. The highest BCUT2D eigenvalue weighted by atomic mass is 16.3. The Morgan fingerprint density at radius 3 is 2.45 bits per heavy atom. The van der Waals surface area contributed by atoms with Crippen molar-refractivity contribution in [2.75, 3.05) is 6.54 Å². The first kappa shape index (κ1) is 18.3. The van der Waals surface area contributed by atoms with Crippen molar-refractivity contribution in [1.82, 2.24) is 5.32 Å². The van der Waals surface area contributed by atoms with Gasteiger partial charge in [0.25, 0.3) is 0 Å². The predicted molar refractivity (Wildman–Crippen MR) is 92.0 cm³/mol. The molecular formula is C19H29NO2. The van der Waals surface area contributed by atoms with E-state index in [-0.39, 0.29) is 17.6 Å². The third-order valence-corrected chi connectivity index (χ3v) is 3.87. The largest absolute Gasteiger partial charge is 0.508 e. The molecule has 0 spiro atoms. The zero-order valence-corrected chi connectivity index (χ0v) is 14.2. The number of hydrogen-bond acceptors (Lipinski definition) is 2. The van der Waals surface area contributed by atoms with Gasteiger partial charge < -0.3 is 10.4 Å². The van der Waals surface area contributed by atoms with E-state index in [1.54, 1.807) is 24.3 Å². The Kier molecular flexibility index (Phi) is 7.72. The molecule has 3 heteroatoms. The number of phenolic OH excluding ortho intramolecular Hbond substituents is 1. The van der Waals surface area contributed by atoms with Gasteiger partial charge in [-0.25, -0.2) is 0 Å². The first-order chi connectivity index (χ1) is 10.4. The van der Waals surface area contributed by atoms with E-state index >= 15 is 0 Å². The van der Waals surface area contributed by atoms with Gasteiger partial charge in [0.05, 0.1) is 5.92 Å². The van der Waals surface area contributed by atoms with Crippen LogP contribution in [-0.4, -0.2) is 17.6 Å². The fourth-order valence-corrected chi connectivity index (χ4v) is 2.28. The van der Waals surface area contributed by atoms with Gasteiger partial charge in [0, 0.05) is 6.54 Å². The Balaban J connectivity index is 2.37. The molecule has 22 heavy (non-hydrogen) atoms. The molecule has 1 rings (SSSR count). The van der Waals surface area contributed by atoms with Gasteiger partial charge in [-0.2, -0.15) is 0 Å². The van der Waals surface area contributed by atoms with Gasteiger partial charge in [-0.05, 0) is 50.3 Å². The van der Waals surface area contributed by atoms with Crippen LogP contribution in [-0.2, 0) is 4.79 Å². The molecule has 0 aliphatic heterocycles. The van der Waals surface area contributed by atoms with Gasteiger partial charge in [0.2, 0.25) is 5.91 Å². The normalized spacial score (nSPS) is 13.2. The highest BCUT2D eigenvalue weighted by molar-refractivity contribution is 5.83. The van der Waals surface area contributed by atoms with Crippen LogP contribution in [0, 0.1) is 5.92 Å². The zero-order chi connectivity index (χ0) is 16.5. The third-order valence-electron chi connectivity index (χ3n) is 3.87. The van der Waals surface area contributed by atoms with Crippen molar-refractivity contribution in [2.45, 2.75) is 52.9 Å². The summed E-state index contributed by atoms with van der Waals surface area (Å²) >= 11 is 0. The maximum absolute atomic E-state index is 12.1. The molecule has 1 aromatic rings. The zero-order valence-electron chi connectivity index (χ0n) is 14.2. The molecule has 0 saturated heterocycles. The predicted octanol–water partition coefficient (Wildman–Crippen LogP) is 4.38. The molecule has 1 aromatic carbocycles. The number of phenols is 1. The van der Waals surface area contributed by atoms with E-state index in [0.717, 1.165) is 17.9 Å². The number of benzene rings is 1. The summed E-state index contributed by atoms with van der Waals surface area (Å²) in [6.07, 6.45) is 5.65. The summed E-state index contributed by atoms with van der Waals surface area (Å²) in [6.45, 7) is 9.06. The van der Waals surface area contributed by atoms with Crippen molar-refractivity contribution in [1.29, 1.82) is 0 Å². The highest BCUT2D eigenvalue weighted by Gasteiger charge is 2.14. The SMILES string of the molecule is C/C(=C/CNC(=O)C(C)c1ccc(O)cc1)CCCC(C)C. The number of carbonyl (C=O) groups excluding carboxylic acids is 1. The highest BCUT2D eigenvalue weighted by Crippen LogP contribution is 2.18. The molecular weight excluding hydrogens is 274 g/mol. The number of amides is 1. The lowest BCUT2D eigenvalue weighted by Crippen LogP contribution is -2.28. The maximum Gasteiger partial charge on any atom is 0.227 e. The van der Waals surface area contributed by atoms with E-state index in [1.807, 2.05) is 6.92 Å². The second kappa shape index (κ2) is 9.29. The molecule has 0 fully saturated rings. The van der Waals surface area contributed by atoms with Crippen LogP contribution in [0.25, 0.3) is 0 Å². The van der Waals surface area contributed by atoms with Crippen LogP contribution < -0.4 is 5.32 Å². The number of allylic oxidation sites excluding steroid dienone is 1.